The number of nitrogens with zero attached hydrogens (tertiary/aromatic N) is 1. The van der Waals surface area contributed by atoms with Gasteiger partial charge in [0.1, 0.15) is 0 Å². The molecule has 1 aromatic carbocycles. The molecule has 0 atom stereocenters. The molecule has 0 unspecified atom stereocenters. The number of benzene rings is 1. The summed E-state index contributed by atoms with van der Waals surface area (Å²) in [6.45, 7) is 4.23. The molecular formula is C15H21N3O3. The van der Waals surface area contributed by atoms with Crippen LogP contribution >= 0.6 is 0 Å². The molecule has 0 saturated carbocycles. The highest BCUT2D eigenvalue weighted by molar-refractivity contribution is 5.94. The molecule has 0 saturated heterocycles. The van der Waals surface area contributed by atoms with E-state index in [0.717, 1.165) is 18.4 Å². The summed E-state index contributed by atoms with van der Waals surface area (Å²) >= 11 is 0. The van der Waals surface area contributed by atoms with Gasteiger partial charge in [0.2, 0.25) is 0 Å². The van der Waals surface area contributed by atoms with Gasteiger partial charge in [-0.05, 0) is 24.0 Å². The Morgan fingerprint density at radius 2 is 1.95 bits per heavy atom. The normalized spacial score (nSPS) is 10.4. The van der Waals surface area contributed by atoms with Gasteiger partial charge < -0.3 is 10.2 Å². The van der Waals surface area contributed by atoms with Crippen LogP contribution in [0, 0.1) is 0 Å². The molecule has 1 aromatic rings. The molecule has 0 radical (unpaired) electrons. The van der Waals surface area contributed by atoms with Crippen molar-refractivity contribution in [3.63, 3.8) is 0 Å². The van der Waals surface area contributed by atoms with E-state index in [1.165, 1.54) is 11.8 Å². The highest BCUT2D eigenvalue weighted by atomic mass is 16.6. The van der Waals surface area contributed by atoms with Crippen LogP contribution in [-0.2, 0) is 16.1 Å². The highest BCUT2D eigenvalue weighted by Gasteiger charge is 2.06. The Bertz CT molecular complexity index is 483. The molecule has 0 heterocycles. The largest absolute Gasteiger partial charge is 0.386 e. The average Bonchev–Trinajstić information content (AvgIpc) is 2.50. The Labute approximate surface area is 124 Å². The van der Waals surface area contributed by atoms with Crippen LogP contribution in [0.5, 0.6) is 0 Å². The number of amides is 3. The molecule has 0 aromatic heterocycles. The first-order valence-corrected chi connectivity index (χ1v) is 6.97. The summed E-state index contributed by atoms with van der Waals surface area (Å²) < 4.78 is 0. The van der Waals surface area contributed by atoms with Crippen molar-refractivity contribution in [1.82, 2.24) is 10.6 Å². The summed E-state index contributed by atoms with van der Waals surface area (Å²) in [5, 5.41) is 8.36. The molecular weight excluding hydrogens is 270 g/mol. The van der Waals surface area contributed by atoms with Crippen molar-refractivity contribution in [3.8, 4) is 0 Å². The molecule has 21 heavy (non-hydrogen) atoms. The lowest BCUT2D eigenvalue weighted by Gasteiger charge is -2.04. The van der Waals surface area contributed by atoms with Gasteiger partial charge in [0, 0.05) is 6.54 Å². The standard InChI is InChI=1S/C15H21N3O3/c1-3-9-16-15(20)18-14(19)11-21-17-10-13-7-5-12(4-2)6-8-13/h5-8,10H,3-4,9,11H2,1-2H3,(H2,16,18,19,20)/b17-10-. The van der Waals surface area contributed by atoms with Crippen LogP contribution in [0.25, 0.3) is 0 Å². The second kappa shape index (κ2) is 9.52. The number of carbonyl (C=O) groups is 2. The second-order valence-corrected chi connectivity index (χ2v) is 4.41. The average molecular weight is 291 g/mol. The summed E-state index contributed by atoms with van der Waals surface area (Å²) in [5.74, 6) is -0.540. The van der Waals surface area contributed by atoms with Crippen molar-refractivity contribution >= 4 is 18.2 Å². The van der Waals surface area contributed by atoms with Gasteiger partial charge in [0.15, 0.2) is 6.61 Å². The van der Waals surface area contributed by atoms with Gasteiger partial charge in [-0.2, -0.15) is 0 Å². The lowest BCUT2D eigenvalue weighted by molar-refractivity contribution is -0.124. The van der Waals surface area contributed by atoms with Crippen LogP contribution in [0.2, 0.25) is 0 Å². The summed E-state index contributed by atoms with van der Waals surface area (Å²) in [7, 11) is 0. The zero-order valence-electron chi connectivity index (χ0n) is 12.4. The third kappa shape index (κ3) is 7.10. The molecule has 1 rings (SSSR count). The minimum atomic E-state index is -0.540. The van der Waals surface area contributed by atoms with E-state index in [2.05, 4.69) is 22.7 Å². The number of urea groups is 1. The van der Waals surface area contributed by atoms with Crippen molar-refractivity contribution in [2.45, 2.75) is 26.7 Å². The van der Waals surface area contributed by atoms with Crippen LogP contribution in [0.1, 0.15) is 31.4 Å². The number of nitrogens with one attached hydrogen (secondary N) is 2. The van der Waals surface area contributed by atoms with E-state index in [9.17, 15) is 9.59 Å². The topological polar surface area (TPSA) is 79.8 Å². The van der Waals surface area contributed by atoms with E-state index in [4.69, 9.17) is 4.84 Å². The fourth-order valence-corrected chi connectivity index (χ4v) is 1.48. The maximum Gasteiger partial charge on any atom is 0.321 e. The number of oxime groups is 1. The molecule has 114 valence electrons. The third-order valence-electron chi connectivity index (χ3n) is 2.65. The lowest BCUT2D eigenvalue weighted by Crippen LogP contribution is -2.41. The first-order valence-electron chi connectivity index (χ1n) is 6.97. The fraction of sp³-hybridized carbons (Fsp3) is 0.400. The van der Waals surface area contributed by atoms with Gasteiger partial charge in [-0.1, -0.05) is 43.3 Å². The van der Waals surface area contributed by atoms with Crippen molar-refractivity contribution in [2.75, 3.05) is 13.2 Å². The zero-order valence-corrected chi connectivity index (χ0v) is 12.4. The van der Waals surface area contributed by atoms with E-state index in [1.54, 1.807) is 0 Å². The Morgan fingerprint density at radius 3 is 2.57 bits per heavy atom. The van der Waals surface area contributed by atoms with Crippen LogP contribution in [0.3, 0.4) is 0 Å². The quantitative estimate of drug-likeness (QED) is 0.594. The number of hydrogen-bond donors (Lipinski definition) is 2. The van der Waals surface area contributed by atoms with Crippen molar-refractivity contribution in [2.24, 2.45) is 5.16 Å². The second-order valence-electron chi connectivity index (χ2n) is 4.41. The minimum Gasteiger partial charge on any atom is -0.386 e. The molecule has 0 aliphatic carbocycles. The Balaban J connectivity index is 2.26. The van der Waals surface area contributed by atoms with Crippen molar-refractivity contribution in [3.05, 3.63) is 35.4 Å². The molecule has 0 aliphatic heterocycles. The van der Waals surface area contributed by atoms with Crippen molar-refractivity contribution < 1.29 is 14.4 Å². The van der Waals surface area contributed by atoms with Gasteiger partial charge in [-0.3, -0.25) is 10.1 Å². The highest BCUT2D eigenvalue weighted by Crippen LogP contribution is 2.02. The Morgan fingerprint density at radius 1 is 1.24 bits per heavy atom. The maximum atomic E-state index is 11.3. The van der Waals surface area contributed by atoms with E-state index in [-0.39, 0.29) is 6.61 Å². The first kappa shape index (κ1) is 16.7. The summed E-state index contributed by atoms with van der Waals surface area (Å²) in [6.07, 6.45) is 3.30. The van der Waals surface area contributed by atoms with Crippen LogP contribution < -0.4 is 10.6 Å². The lowest BCUT2D eigenvalue weighted by atomic mass is 10.1. The number of imide groups is 1. The van der Waals surface area contributed by atoms with Gasteiger partial charge in [0.25, 0.3) is 5.91 Å². The molecule has 2 N–H and O–H groups in total. The predicted molar refractivity (Wildman–Crippen MR) is 81.2 cm³/mol. The predicted octanol–water partition coefficient (Wildman–Crippen LogP) is 1.84. The van der Waals surface area contributed by atoms with E-state index >= 15 is 0 Å². The SMILES string of the molecule is CCCNC(=O)NC(=O)CO/N=C\c1ccc(CC)cc1. The molecule has 6 nitrogen and oxygen atoms in total. The molecule has 0 spiro atoms. The van der Waals surface area contributed by atoms with Gasteiger partial charge in [-0.15, -0.1) is 0 Å². The zero-order chi connectivity index (χ0) is 15.5. The Kier molecular flexibility index (Phi) is 7.56. The Hall–Kier alpha value is -2.37. The maximum absolute atomic E-state index is 11.3. The molecule has 0 aliphatic rings. The fourth-order valence-electron chi connectivity index (χ4n) is 1.48. The van der Waals surface area contributed by atoms with Crippen LogP contribution in [-0.4, -0.2) is 31.3 Å². The van der Waals surface area contributed by atoms with Gasteiger partial charge in [0.05, 0.1) is 6.21 Å². The number of aryl methyl sites for hydroxylation is 1. The number of hydrogen-bond acceptors (Lipinski definition) is 4. The molecule has 0 bridgehead atoms. The molecule has 6 heteroatoms. The first-order chi connectivity index (χ1) is 10.2. The third-order valence-corrected chi connectivity index (χ3v) is 2.65. The summed E-state index contributed by atoms with van der Waals surface area (Å²) in [5.41, 5.74) is 2.12. The number of carbonyl (C=O) groups excluding carboxylic acids is 2. The van der Waals surface area contributed by atoms with Gasteiger partial charge in [-0.25, -0.2) is 4.79 Å². The molecule has 0 fully saturated rings. The van der Waals surface area contributed by atoms with Gasteiger partial charge >= 0.3 is 6.03 Å². The minimum absolute atomic E-state index is 0.302. The summed E-state index contributed by atoms with van der Waals surface area (Å²) in [6, 6.07) is 7.33. The van der Waals surface area contributed by atoms with E-state index < -0.39 is 11.9 Å². The number of rotatable bonds is 7. The van der Waals surface area contributed by atoms with E-state index in [1.807, 2.05) is 31.2 Å². The monoisotopic (exact) mass is 291 g/mol. The van der Waals surface area contributed by atoms with Crippen molar-refractivity contribution in [1.29, 1.82) is 0 Å². The smallest absolute Gasteiger partial charge is 0.321 e. The van der Waals surface area contributed by atoms with E-state index in [0.29, 0.717) is 6.54 Å². The molecule has 3 amide bonds. The van der Waals surface area contributed by atoms with Crippen LogP contribution in [0.15, 0.2) is 29.4 Å². The van der Waals surface area contributed by atoms with Crippen LogP contribution in [0.4, 0.5) is 4.79 Å². The summed E-state index contributed by atoms with van der Waals surface area (Å²) in [4.78, 5) is 27.4.